The Morgan fingerprint density at radius 2 is 2.05 bits per heavy atom. The van der Waals surface area contributed by atoms with Crippen molar-refractivity contribution in [3.63, 3.8) is 0 Å². The summed E-state index contributed by atoms with van der Waals surface area (Å²) in [7, 11) is 0. The number of benzene rings is 1. The summed E-state index contributed by atoms with van der Waals surface area (Å²) >= 11 is 5.27. The molecular weight excluding hydrogens is 338 g/mol. The number of hydrogen-bond acceptors (Lipinski definition) is 4. The molecule has 0 fully saturated rings. The van der Waals surface area contributed by atoms with Crippen LogP contribution in [0.15, 0.2) is 33.0 Å². The first-order valence-electron chi connectivity index (χ1n) is 6.50. The van der Waals surface area contributed by atoms with Gasteiger partial charge in [0.2, 0.25) is 6.79 Å². The molecule has 0 spiro atoms. The highest BCUT2D eigenvalue weighted by molar-refractivity contribution is 9.11. The largest absolute Gasteiger partial charge is 0.454 e. The van der Waals surface area contributed by atoms with Crippen LogP contribution in [-0.2, 0) is 12.8 Å². The maximum Gasteiger partial charge on any atom is 0.231 e. The maximum absolute atomic E-state index is 5.49. The van der Waals surface area contributed by atoms with Gasteiger partial charge in [-0.3, -0.25) is 4.99 Å². The average molecular weight is 350 g/mol. The third-order valence-electron chi connectivity index (χ3n) is 3.56. The minimum atomic E-state index is 0.322. The molecule has 5 heteroatoms. The number of fused-ring (bicyclic) bond motifs is 2. The summed E-state index contributed by atoms with van der Waals surface area (Å²) in [5.41, 5.74) is 3.68. The predicted octanol–water partition coefficient (Wildman–Crippen LogP) is 3.83. The van der Waals surface area contributed by atoms with Crippen molar-refractivity contribution in [3.8, 4) is 11.5 Å². The number of rotatable bonds is 2. The number of thiophene rings is 1. The Morgan fingerprint density at radius 1 is 1.20 bits per heavy atom. The zero-order chi connectivity index (χ0) is 13.5. The molecular formula is C15H12BrNO2S. The third-order valence-corrected chi connectivity index (χ3v) is 5.19. The van der Waals surface area contributed by atoms with Crippen LogP contribution in [0.2, 0.25) is 0 Å². The van der Waals surface area contributed by atoms with Crippen LogP contribution in [0.5, 0.6) is 11.5 Å². The van der Waals surface area contributed by atoms with E-state index < -0.39 is 0 Å². The quantitative estimate of drug-likeness (QED) is 0.824. The Kier molecular flexibility index (Phi) is 3.04. The van der Waals surface area contributed by atoms with Crippen molar-refractivity contribution in [2.24, 2.45) is 4.99 Å². The SMILES string of the molecule is Brc1ccc(CC2=NCCc3cc4c(cc32)OCO4)s1. The van der Waals surface area contributed by atoms with Gasteiger partial charge in [0.05, 0.1) is 3.79 Å². The fraction of sp³-hybridized carbons (Fsp3) is 0.267. The Hall–Kier alpha value is -1.33. The van der Waals surface area contributed by atoms with Gasteiger partial charge in [0, 0.05) is 29.1 Å². The summed E-state index contributed by atoms with van der Waals surface area (Å²) in [5.74, 6) is 1.70. The standard InChI is InChI=1S/C15H12BrNO2S/c16-15-2-1-10(20-15)6-12-11-7-14-13(18-8-19-14)5-9(11)3-4-17-12/h1-2,5,7H,3-4,6,8H2. The molecule has 3 heterocycles. The number of halogens is 1. The van der Waals surface area contributed by atoms with Crippen molar-refractivity contribution in [1.29, 1.82) is 0 Å². The van der Waals surface area contributed by atoms with Crippen molar-refractivity contribution < 1.29 is 9.47 Å². The molecule has 0 amide bonds. The monoisotopic (exact) mass is 349 g/mol. The van der Waals surface area contributed by atoms with E-state index in [9.17, 15) is 0 Å². The Bertz CT molecular complexity index is 708. The first-order valence-corrected chi connectivity index (χ1v) is 8.11. The molecule has 1 aromatic heterocycles. The van der Waals surface area contributed by atoms with Crippen molar-refractivity contribution in [2.45, 2.75) is 12.8 Å². The Labute approximate surface area is 129 Å². The van der Waals surface area contributed by atoms with Gasteiger partial charge in [-0.1, -0.05) is 0 Å². The lowest BCUT2D eigenvalue weighted by molar-refractivity contribution is 0.174. The number of ether oxygens (including phenoxy) is 2. The van der Waals surface area contributed by atoms with Gasteiger partial charge < -0.3 is 9.47 Å². The molecule has 2 aliphatic rings. The number of nitrogens with zero attached hydrogens (tertiary/aromatic N) is 1. The van der Waals surface area contributed by atoms with E-state index in [0.29, 0.717) is 6.79 Å². The molecule has 0 atom stereocenters. The van der Waals surface area contributed by atoms with E-state index in [0.717, 1.165) is 40.4 Å². The van der Waals surface area contributed by atoms with Crippen LogP contribution in [0.1, 0.15) is 16.0 Å². The Morgan fingerprint density at radius 3 is 2.85 bits per heavy atom. The fourth-order valence-electron chi connectivity index (χ4n) is 2.62. The van der Waals surface area contributed by atoms with Gasteiger partial charge >= 0.3 is 0 Å². The molecule has 0 aliphatic carbocycles. The van der Waals surface area contributed by atoms with Gasteiger partial charge in [-0.15, -0.1) is 11.3 Å². The van der Waals surface area contributed by atoms with Crippen LogP contribution in [0.4, 0.5) is 0 Å². The lowest BCUT2D eigenvalue weighted by atomic mass is 9.95. The molecule has 4 rings (SSSR count). The van der Waals surface area contributed by atoms with Crippen molar-refractivity contribution in [2.75, 3.05) is 13.3 Å². The molecule has 0 radical (unpaired) electrons. The summed E-state index contributed by atoms with van der Waals surface area (Å²) in [4.78, 5) is 6.03. The van der Waals surface area contributed by atoms with Crippen LogP contribution < -0.4 is 9.47 Å². The molecule has 0 saturated carbocycles. The fourth-order valence-corrected chi connectivity index (χ4v) is 4.11. The molecule has 2 aliphatic heterocycles. The molecule has 0 saturated heterocycles. The lowest BCUT2D eigenvalue weighted by Gasteiger charge is -2.17. The Balaban J connectivity index is 1.71. The van der Waals surface area contributed by atoms with Crippen LogP contribution in [0, 0.1) is 0 Å². The molecule has 1 aromatic carbocycles. The first-order chi connectivity index (χ1) is 9.79. The summed E-state index contributed by atoms with van der Waals surface area (Å²) in [6.07, 6.45) is 1.85. The molecule has 2 aromatic rings. The molecule has 3 nitrogen and oxygen atoms in total. The highest BCUT2D eigenvalue weighted by Crippen LogP contribution is 2.37. The van der Waals surface area contributed by atoms with Gasteiger partial charge in [0.25, 0.3) is 0 Å². The van der Waals surface area contributed by atoms with Crippen LogP contribution in [0.3, 0.4) is 0 Å². The summed E-state index contributed by atoms with van der Waals surface area (Å²) in [6, 6.07) is 8.43. The van der Waals surface area contributed by atoms with Crippen LogP contribution in [-0.4, -0.2) is 19.0 Å². The lowest BCUT2D eigenvalue weighted by Crippen LogP contribution is -2.14. The summed E-state index contributed by atoms with van der Waals surface area (Å²) in [5, 5.41) is 0. The highest BCUT2D eigenvalue weighted by Gasteiger charge is 2.22. The van der Waals surface area contributed by atoms with Crippen LogP contribution in [0.25, 0.3) is 0 Å². The second-order valence-corrected chi connectivity index (χ2v) is 7.37. The number of hydrogen-bond donors (Lipinski definition) is 0. The zero-order valence-electron chi connectivity index (χ0n) is 10.7. The topological polar surface area (TPSA) is 30.8 Å². The smallest absolute Gasteiger partial charge is 0.231 e. The summed E-state index contributed by atoms with van der Waals surface area (Å²) in [6.45, 7) is 1.18. The van der Waals surface area contributed by atoms with E-state index in [1.807, 2.05) is 0 Å². The zero-order valence-corrected chi connectivity index (χ0v) is 13.1. The van der Waals surface area contributed by atoms with E-state index in [-0.39, 0.29) is 0 Å². The van der Waals surface area contributed by atoms with E-state index in [1.165, 1.54) is 16.0 Å². The normalized spacial score (nSPS) is 15.9. The maximum atomic E-state index is 5.49. The minimum Gasteiger partial charge on any atom is -0.454 e. The van der Waals surface area contributed by atoms with Gasteiger partial charge in [-0.2, -0.15) is 0 Å². The van der Waals surface area contributed by atoms with E-state index in [1.54, 1.807) is 11.3 Å². The first kappa shape index (κ1) is 12.4. The van der Waals surface area contributed by atoms with E-state index in [2.05, 4.69) is 40.2 Å². The molecule has 20 heavy (non-hydrogen) atoms. The van der Waals surface area contributed by atoms with Crippen molar-refractivity contribution in [1.82, 2.24) is 0 Å². The molecule has 0 bridgehead atoms. The second-order valence-electron chi connectivity index (χ2n) is 4.82. The highest BCUT2D eigenvalue weighted by atomic mass is 79.9. The van der Waals surface area contributed by atoms with E-state index in [4.69, 9.17) is 14.5 Å². The second kappa shape index (κ2) is 4.90. The predicted molar refractivity (Wildman–Crippen MR) is 83.4 cm³/mol. The van der Waals surface area contributed by atoms with Crippen LogP contribution >= 0.6 is 27.3 Å². The average Bonchev–Trinajstić information content (AvgIpc) is 3.05. The van der Waals surface area contributed by atoms with Crippen molar-refractivity contribution >= 4 is 33.0 Å². The molecule has 0 unspecified atom stereocenters. The minimum absolute atomic E-state index is 0.322. The molecule has 0 N–H and O–H groups in total. The van der Waals surface area contributed by atoms with Crippen molar-refractivity contribution in [3.05, 3.63) is 44.1 Å². The summed E-state index contributed by atoms with van der Waals surface area (Å²) < 4.78 is 12.1. The van der Waals surface area contributed by atoms with Gasteiger partial charge in [0.1, 0.15) is 0 Å². The molecule has 102 valence electrons. The van der Waals surface area contributed by atoms with E-state index >= 15 is 0 Å². The third kappa shape index (κ3) is 2.15. The van der Waals surface area contributed by atoms with Gasteiger partial charge in [-0.25, -0.2) is 0 Å². The number of aliphatic imine (C=N–C) groups is 1. The van der Waals surface area contributed by atoms with Gasteiger partial charge in [-0.05, 0) is 52.2 Å². The van der Waals surface area contributed by atoms with Gasteiger partial charge in [0.15, 0.2) is 11.5 Å².